The second-order valence-corrected chi connectivity index (χ2v) is 4.32. The van der Waals surface area contributed by atoms with Gasteiger partial charge in [0.05, 0.1) is 23.9 Å². The molecule has 0 saturated heterocycles. The quantitative estimate of drug-likeness (QED) is 0.774. The molecule has 0 bridgehead atoms. The first-order valence-electron chi connectivity index (χ1n) is 4.65. The van der Waals surface area contributed by atoms with E-state index in [1.54, 1.807) is 11.3 Å². The van der Waals surface area contributed by atoms with E-state index in [0.717, 1.165) is 12.2 Å². The molecule has 0 saturated carbocycles. The zero-order chi connectivity index (χ0) is 9.97. The van der Waals surface area contributed by atoms with Gasteiger partial charge in [-0.05, 0) is 11.5 Å². The minimum atomic E-state index is 0.541. The molecule has 4 heteroatoms. The monoisotopic (exact) mass is 207 g/mol. The molecule has 0 aliphatic heterocycles. The Hall–Kier alpha value is -1.16. The van der Waals surface area contributed by atoms with E-state index in [1.165, 1.54) is 5.56 Å². The Balaban J connectivity index is 2.11. The molecule has 0 aliphatic carbocycles. The molecule has 3 nitrogen and oxygen atoms in total. The Bertz CT molecular complexity index is 389. The van der Waals surface area contributed by atoms with E-state index in [1.807, 2.05) is 16.4 Å². The molecule has 0 atom stereocenters. The van der Waals surface area contributed by atoms with Crippen molar-refractivity contribution < 1.29 is 0 Å². The SMILES string of the molecule is CC(C)c1cnn(Cc2cscn2)c1. The highest BCUT2D eigenvalue weighted by Gasteiger charge is 2.03. The maximum Gasteiger partial charge on any atom is 0.0839 e. The third-order valence-corrected chi connectivity index (χ3v) is 2.76. The van der Waals surface area contributed by atoms with Gasteiger partial charge >= 0.3 is 0 Å². The van der Waals surface area contributed by atoms with E-state index in [9.17, 15) is 0 Å². The lowest BCUT2D eigenvalue weighted by Gasteiger charge is -1.98. The second-order valence-electron chi connectivity index (χ2n) is 3.61. The summed E-state index contributed by atoms with van der Waals surface area (Å²) in [5.74, 6) is 0.541. The van der Waals surface area contributed by atoms with Gasteiger partial charge in [0.25, 0.3) is 0 Å². The van der Waals surface area contributed by atoms with Crippen molar-refractivity contribution in [2.75, 3.05) is 0 Å². The van der Waals surface area contributed by atoms with Gasteiger partial charge in [0.2, 0.25) is 0 Å². The van der Waals surface area contributed by atoms with Crippen LogP contribution in [0.15, 0.2) is 23.3 Å². The molecule has 2 heterocycles. The van der Waals surface area contributed by atoms with Crippen molar-refractivity contribution in [2.24, 2.45) is 0 Å². The van der Waals surface area contributed by atoms with Gasteiger partial charge < -0.3 is 0 Å². The normalized spacial score (nSPS) is 11.1. The summed E-state index contributed by atoms with van der Waals surface area (Å²) in [6.45, 7) is 5.12. The first-order chi connectivity index (χ1) is 6.75. The van der Waals surface area contributed by atoms with Crippen LogP contribution in [0.5, 0.6) is 0 Å². The molecule has 2 rings (SSSR count). The summed E-state index contributed by atoms with van der Waals surface area (Å²) in [6.07, 6.45) is 4.01. The Morgan fingerprint density at radius 1 is 1.50 bits per heavy atom. The van der Waals surface area contributed by atoms with Gasteiger partial charge in [0.15, 0.2) is 0 Å². The summed E-state index contributed by atoms with van der Waals surface area (Å²) in [5, 5.41) is 6.35. The van der Waals surface area contributed by atoms with Crippen LogP contribution >= 0.6 is 11.3 Å². The number of aromatic nitrogens is 3. The zero-order valence-electron chi connectivity index (χ0n) is 8.34. The standard InChI is InChI=1S/C10H13N3S/c1-8(2)9-3-12-13(4-9)5-10-6-14-7-11-10/h3-4,6-8H,5H2,1-2H3. The van der Waals surface area contributed by atoms with Crippen molar-refractivity contribution in [2.45, 2.75) is 26.3 Å². The summed E-state index contributed by atoms with van der Waals surface area (Å²) in [6, 6.07) is 0. The molecule has 14 heavy (non-hydrogen) atoms. The topological polar surface area (TPSA) is 30.7 Å². The van der Waals surface area contributed by atoms with E-state index >= 15 is 0 Å². The molecule has 0 spiro atoms. The summed E-state index contributed by atoms with van der Waals surface area (Å²) in [4.78, 5) is 4.22. The van der Waals surface area contributed by atoms with Crippen LogP contribution in [0.2, 0.25) is 0 Å². The van der Waals surface area contributed by atoms with Crippen LogP contribution < -0.4 is 0 Å². The average molecular weight is 207 g/mol. The van der Waals surface area contributed by atoms with E-state index in [4.69, 9.17) is 0 Å². The van der Waals surface area contributed by atoms with E-state index in [0.29, 0.717) is 5.92 Å². The minimum absolute atomic E-state index is 0.541. The molecule has 0 amide bonds. The summed E-state index contributed by atoms with van der Waals surface area (Å²) in [5.41, 5.74) is 4.20. The van der Waals surface area contributed by atoms with Crippen molar-refractivity contribution in [3.05, 3.63) is 34.5 Å². The number of nitrogens with zero attached hydrogens (tertiary/aromatic N) is 3. The lowest BCUT2D eigenvalue weighted by atomic mass is 10.1. The van der Waals surface area contributed by atoms with Crippen molar-refractivity contribution in [3.8, 4) is 0 Å². The van der Waals surface area contributed by atoms with E-state index < -0.39 is 0 Å². The van der Waals surface area contributed by atoms with Crippen LogP contribution in [0.1, 0.15) is 31.0 Å². The third-order valence-electron chi connectivity index (χ3n) is 2.13. The number of thiazole rings is 1. The summed E-state index contributed by atoms with van der Waals surface area (Å²) < 4.78 is 1.93. The fourth-order valence-electron chi connectivity index (χ4n) is 1.25. The molecule has 0 aliphatic rings. The lowest BCUT2D eigenvalue weighted by Crippen LogP contribution is -1.99. The highest BCUT2D eigenvalue weighted by atomic mass is 32.1. The molecule has 0 radical (unpaired) electrons. The van der Waals surface area contributed by atoms with Crippen molar-refractivity contribution in [3.63, 3.8) is 0 Å². The van der Waals surface area contributed by atoms with Crippen LogP contribution in [0.3, 0.4) is 0 Å². The molecule has 0 unspecified atom stereocenters. The molecule has 0 fully saturated rings. The molecule has 0 N–H and O–H groups in total. The summed E-state index contributed by atoms with van der Waals surface area (Å²) in [7, 11) is 0. The van der Waals surface area contributed by atoms with Crippen LogP contribution in [0.25, 0.3) is 0 Å². The van der Waals surface area contributed by atoms with Crippen LogP contribution in [-0.2, 0) is 6.54 Å². The van der Waals surface area contributed by atoms with E-state index in [-0.39, 0.29) is 0 Å². The fourth-order valence-corrected chi connectivity index (χ4v) is 1.80. The van der Waals surface area contributed by atoms with Gasteiger partial charge in [-0.15, -0.1) is 11.3 Å². The van der Waals surface area contributed by atoms with E-state index in [2.05, 4.69) is 35.5 Å². The molecule has 74 valence electrons. The molecular formula is C10H13N3S. The first-order valence-corrected chi connectivity index (χ1v) is 5.59. The largest absolute Gasteiger partial charge is 0.266 e. The Morgan fingerprint density at radius 2 is 2.36 bits per heavy atom. The average Bonchev–Trinajstić information content (AvgIpc) is 2.75. The number of rotatable bonds is 3. The maximum atomic E-state index is 4.29. The Kier molecular flexibility index (Phi) is 2.63. The zero-order valence-corrected chi connectivity index (χ0v) is 9.16. The van der Waals surface area contributed by atoms with Crippen LogP contribution in [0, 0.1) is 0 Å². The van der Waals surface area contributed by atoms with Gasteiger partial charge in [-0.2, -0.15) is 5.10 Å². The van der Waals surface area contributed by atoms with Gasteiger partial charge in [-0.25, -0.2) is 4.98 Å². The molecular weight excluding hydrogens is 194 g/mol. The number of hydrogen-bond acceptors (Lipinski definition) is 3. The molecule has 2 aromatic heterocycles. The number of hydrogen-bond donors (Lipinski definition) is 0. The van der Waals surface area contributed by atoms with Crippen molar-refractivity contribution >= 4 is 11.3 Å². The highest BCUT2D eigenvalue weighted by Crippen LogP contribution is 2.13. The third kappa shape index (κ3) is 2.01. The van der Waals surface area contributed by atoms with Crippen LogP contribution in [0.4, 0.5) is 0 Å². The predicted octanol–water partition coefficient (Wildman–Crippen LogP) is 2.51. The predicted molar refractivity (Wildman–Crippen MR) is 57.5 cm³/mol. The Morgan fingerprint density at radius 3 is 2.93 bits per heavy atom. The van der Waals surface area contributed by atoms with Gasteiger partial charge in [0.1, 0.15) is 0 Å². The second kappa shape index (κ2) is 3.92. The smallest absolute Gasteiger partial charge is 0.0839 e. The lowest BCUT2D eigenvalue weighted by molar-refractivity contribution is 0.674. The van der Waals surface area contributed by atoms with Crippen molar-refractivity contribution in [1.82, 2.24) is 14.8 Å². The maximum absolute atomic E-state index is 4.29. The van der Waals surface area contributed by atoms with Gasteiger partial charge in [-0.1, -0.05) is 13.8 Å². The Labute approximate surface area is 87.4 Å². The first kappa shape index (κ1) is 9.40. The highest BCUT2D eigenvalue weighted by molar-refractivity contribution is 7.07. The molecule has 0 aromatic carbocycles. The van der Waals surface area contributed by atoms with Crippen LogP contribution in [-0.4, -0.2) is 14.8 Å². The molecule has 2 aromatic rings. The van der Waals surface area contributed by atoms with Crippen molar-refractivity contribution in [1.29, 1.82) is 0 Å². The van der Waals surface area contributed by atoms with Gasteiger partial charge in [-0.3, -0.25) is 4.68 Å². The fraction of sp³-hybridized carbons (Fsp3) is 0.400. The minimum Gasteiger partial charge on any atom is -0.266 e. The summed E-state index contributed by atoms with van der Waals surface area (Å²) >= 11 is 1.62. The van der Waals surface area contributed by atoms with Gasteiger partial charge in [0, 0.05) is 11.6 Å².